The van der Waals surface area contributed by atoms with E-state index in [1.54, 1.807) is 6.92 Å². The number of rotatable bonds is 5. The van der Waals surface area contributed by atoms with Gasteiger partial charge >= 0.3 is 0 Å². The molecule has 1 unspecified atom stereocenters. The molecule has 4 heteroatoms. The second kappa shape index (κ2) is 6.45. The number of hydrogen-bond donors (Lipinski definition) is 1. The van der Waals surface area contributed by atoms with Crippen LogP contribution in [-0.4, -0.2) is 18.6 Å². The number of amides is 1. The summed E-state index contributed by atoms with van der Waals surface area (Å²) in [6.07, 6.45) is -0.524. The lowest BCUT2D eigenvalue weighted by Gasteiger charge is -2.14. The van der Waals surface area contributed by atoms with Gasteiger partial charge in [0.05, 0.1) is 0 Å². The smallest absolute Gasteiger partial charge is 0.261 e. The van der Waals surface area contributed by atoms with Crippen LogP contribution in [0.5, 0.6) is 5.75 Å². The first-order chi connectivity index (χ1) is 7.99. The molecule has 1 aromatic rings. The van der Waals surface area contributed by atoms with Gasteiger partial charge in [0, 0.05) is 11.0 Å². The van der Waals surface area contributed by atoms with Crippen LogP contribution in [0.15, 0.2) is 35.3 Å². The molecule has 1 aromatic carbocycles. The molecule has 1 N–H and O–H groups in total. The van der Waals surface area contributed by atoms with Crippen molar-refractivity contribution in [3.63, 3.8) is 0 Å². The number of benzene rings is 1. The fraction of sp³-hybridized carbons (Fsp3) is 0.308. The number of hydrogen-bond acceptors (Lipinski definition) is 2. The lowest BCUT2D eigenvalue weighted by Crippen LogP contribution is -2.36. The quantitative estimate of drug-likeness (QED) is 0.907. The van der Waals surface area contributed by atoms with Crippen molar-refractivity contribution in [2.24, 2.45) is 0 Å². The number of carbonyl (C=O) groups is 1. The van der Waals surface area contributed by atoms with E-state index in [9.17, 15) is 4.79 Å². The van der Waals surface area contributed by atoms with E-state index in [0.29, 0.717) is 12.3 Å². The molecule has 0 bridgehead atoms. The number of carbonyl (C=O) groups excluding carboxylic acids is 1. The first kappa shape index (κ1) is 13.8. The zero-order valence-electron chi connectivity index (χ0n) is 10.00. The molecule has 0 aromatic heterocycles. The van der Waals surface area contributed by atoms with Crippen molar-refractivity contribution in [1.29, 1.82) is 0 Å². The molecule has 0 aliphatic heterocycles. The van der Waals surface area contributed by atoms with Crippen molar-refractivity contribution in [3.8, 4) is 5.75 Å². The fourth-order valence-electron chi connectivity index (χ4n) is 1.20. The Labute approximate surface area is 110 Å². The summed E-state index contributed by atoms with van der Waals surface area (Å²) < 4.78 is 6.24. The Morgan fingerprint density at radius 1 is 1.47 bits per heavy atom. The summed E-state index contributed by atoms with van der Waals surface area (Å²) in [7, 11) is 0. The monoisotopic (exact) mass is 297 g/mol. The third kappa shape index (κ3) is 5.04. The molecule has 0 spiro atoms. The Kier molecular flexibility index (Phi) is 5.22. The first-order valence-corrected chi connectivity index (χ1v) is 6.12. The molecule has 0 saturated heterocycles. The van der Waals surface area contributed by atoms with Gasteiger partial charge in [-0.15, -0.1) is 0 Å². The first-order valence-electron chi connectivity index (χ1n) is 5.33. The van der Waals surface area contributed by atoms with E-state index in [1.165, 1.54) is 0 Å². The number of halogens is 1. The third-order valence-corrected chi connectivity index (χ3v) is 2.44. The molecular weight excluding hydrogens is 282 g/mol. The normalized spacial score (nSPS) is 11.7. The molecule has 92 valence electrons. The van der Waals surface area contributed by atoms with Crippen LogP contribution in [0.2, 0.25) is 0 Å². The van der Waals surface area contributed by atoms with Gasteiger partial charge in [-0.1, -0.05) is 40.2 Å². The van der Waals surface area contributed by atoms with Crippen LogP contribution in [0, 0.1) is 6.92 Å². The van der Waals surface area contributed by atoms with E-state index in [4.69, 9.17) is 4.74 Å². The van der Waals surface area contributed by atoms with E-state index >= 15 is 0 Å². The summed E-state index contributed by atoms with van der Waals surface area (Å²) in [4.78, 5) is 11.6. The van der Waals surface area contributed by atoms with Crippen molar-refractivity contribution in [3.05, 3.63) is 40.9 Å². The van der Waals surface area contributed by atoms with E-state index in [1.807, 2.05) is 31.2 Å². The van der Waals surface area contributed by atoms with Crippen molar-refractivity contribution < 1.29 is 9.53 Å². The minimum Gasteiger partial charge on any atom is -0.481 e. The molecule has 1 amide bonds. The Morgan fingerprint density at radius 2 is 2.06 bits per heavy atom. The molecule has 0 radical (unpaired) electrons. The van der Waals surface area contributed by atoms with Crippen LogP contribution >= 0.6 is 15.9 Å². The largest absolute Gasteiger partial charge is 0.481 e. The van der Waals surface area contributed by atoms with Crippen LogP contribution in [0.25, 0.3) is 0 Å². The average Bonchev–Trinajstić information content (AvgIpc) is 2.28. The lowest BCUT2D eigenvalue weighted by molar-refractivity contribution is -0.127. The molecule has 0 heterocycles. The molecule has 1 atom stereocenters. The zero-order valence-corrected chi connectivity index (χ0v) is 11.6. The van der Waals surface area contributed by atoms with Gasteiger partial charge in [0.2, 0.25) is 0 Å². The minimum atomic E-state index is -0.524. The topological polar surface area (TPSA) is 38.3 Å². The van der Waals surface area contributed by atoms with Gasteiger partial charge in [-0.2, -0.15) is 0 Å². The van der Waals surface area contributed by atoms with Crippen LogP contribution in [0.1, 0.15) is 12.5 Å². The molecular formula is C13H16BrNO2. The summed E-state index contributed by atoms with van der Waals surface area (Å²) >= 11 is 3.18. The van der Waals surface area contributed by atoms with Crippen LogP contribution < -0.4 is 10.1 Å². The highest BCUT2D eigenvalue weighted by Gasteiger charge is 2.13. The van der Waals surface area contributed by atoms with E-state index < -0.39 is 6.10 Å². The van der Waals surface area contributed by atoms with Gasteiger partial charge in [0.25, 0.3) is 5.91 Å². The van der Waals surface area contributed by atoms with Crippen molar-refractivity contribution >= 4 is 21.8 Å². The molecule has 0 fully saturated rings. The molecule has 0 saturated carbocycles. The Hall–Kier alpha value is -1.29. The standard InChI is InChI=1S/C13H16BrNO2/c1-9-4-6-12(7-5-9)17-11(3)13(16)15-8-10(2)14/h4-7,11H,2,8H2,1,3H3,(H,15,16). The van der Waals surface area contributed by atoms with Gasteiger partial charge in [0.15, 0.2) is 6.10 Å². The highest BCUT2D eigenvalue weighted by atomic mass is 79.9. The summed E-state index contributed by atoms with van der Waals surface area (Å²) in [6, 6.07) is 7.59. The van der Waals surface area contributed by atoms with E-state index in [-0.39, 0.29) is 5.91 Å². The predicted molar refractivity (Wildman–Crippen MR) is 72.3 cm³/mol. The van der Waals surface area contributed by atoms with Gasteiger partial charge in [-0.25, -0.2) is 0 Å². The molecule has 17 heavy (non-hydrogen) atoms. The van der Waals surface area contributed by atoms with E-state index in [0.717, 1.165) is 10.0 Å². The maximum atomic E-state index is 11.6. The molecule has 3 nitrogen and oxygen atoms in total. The highest BCUT2D eigenvalue weighted by molar-refractivity contribution is 9.11. The fourth-order valence-corrected chi connectivity index (χ4v) is 1.34. The number of nitrogens with one attached hydrogen (secondary N) is 1. The van der Waals surface area contributed by atoms with Crippen molar-refractivity contribution in [2.45, 2.75) is 20.0 Å². The van der Waals surface area contributed by atoms with Gasteiger partial charge in [-0.3, -0.25) is 4.79 Å². The predicted octanol–water partition coefficient (Wildman–Crippen LogP) is 2.79. The molecule has 1 rings (SSSR count). The maximum Gasteiger partial charge on any atom is 0.261 e. The van der Waals surface area contributed by atoms with Crippen LogP contribution in [-0.2, 0) is 4.79 Å². The summed E-state index contributed by atoms with van der Waals surface area (Å²) in [5.74, 6) is 0.530. The third-order valence-electron chi connectivity index (χ3n) is 2.16. The number of aryl methyl sites for hydroxylation is 1. The Bertz CT molecular complexity index is 400. The van der Waals surface area contributed by atoms with Crippen molar-refractivity contribution in [2.75, 3.05) is 6.54 Å². The second-order valence-corrected chi connectivity index (χ2v) is 4.93. The Balaban J connectivity index is 2.48. The lowest BCUT2D eigenvalue weighted by atomic mass is 10.2. The van der Waals surface area contributed by atoms with Crippen LogP contribution in [0.3, 0.4) is 0 Å². The second-order valence-electron chi connectivity index (χ2n) is 3.81. The van der Waals surface area contributed by atoms with Gasteiger partial charge < -0.3 is 10.1 Å². The maximum absolute atomic E-state index is 11.6. The van der Waals surface area contributed by atoms with Gasteiger partial charge in [0.1, 0.15) is 5.75 Å². The minimum absolute atomic E-state index is 0.161. The van der Waals surface area contributed by atoms with Crippen LogP contribution in [0.4, 0.5) is 0 Å². The SMILES string of the molecule is C=C(Br)CNC(=O)C(C)Oc1ccc(C)cc1. The highest BCUT2D eigenvalue weighted by Crippen LogP contribution is 2.13. The van der Waals surface area contributed by atoms with Crippen molar-refractivity contribution in [1.82, 2.24) is 5.32 Å². The average molecular weight is 298 g/mol. The van der Waals surface area contributed by atoms with E-state index in [2.05, 4.69) is 27.8 Å². The Morgan fingerprint density at radius 3 is 2.59 bits per heavy atom. The zero-order chi connectivity index (χ0) is 12.8. The van der Waals surface area contributed by atoms with Gasteiger partial charge in [-0.05, 0) is 26.0 Å². The summed E-state index contributed by atoms with van der Waals surface area (Å²) in [6.45, 7) is 7.76. The summed E-state index contributed by atoms with van der Waals surface area (Å²) in [5.41, 5.74) is 1.16. The molecule has 0 aliphatic carbocycles. The number of ether oxygens (including phenoxy) is 1. The summed E-state index contributed by atoms with van der Waals surface area (Å²) in [5, 5.41) is 2.70. The molecule has 0 aliphatic rings.